The van der Waals surface area contributed by atoms with Crippen molar-refractivity contribution in [3.63, 3.8) is 0 Å². The zero-order chi connectivity index (χ0) is 22.3. The number of carbonyl (C=O) groups excluding carboxylic acids is 1. The number of aliphatic hydroxyl groups excluding tert-OH is 1. The van der Waals surface area contributed by atoms with Crippen LogP contribution in [0.25, 0.3) is 0 Å². The Morgan fingerprint density at radius 1 is 0.935 bits per heavy atom. The van der Waals surface area contributed by atoms with E-state index in [0.29, 0.717) is 12.1 Å². The maximum Gasteiger partial charge on any atom is 0.339 e. The molecule has 0 radical (unpaired) electrons. The third-order valence-corrected chi connectivity index (χ3v) is 6.32. The lowest BCUT2D eigenvalue weighted by Crippen LogP contribution is -2.35. The Kier molecular flexibility index (Phi) is 7.84. The third kappa shape index (κ3) is 6.40. The number of halogens is 1. The molecule has 0 aromatic heterocycles. The smallest absolute Gasteiger partial charge is 0.339 e. The molecule has 1 atom stereocenters. The molecule has 3 rings (SSSR count). The molecule has 0 aliphatic heterocycles. The van der Waals surface area contributed by atoms with E-state index < -0.39 is 16.2 Å². The number of aliphatic hydroxyl groups is 1. The van der Waals surface area contributed by atoms with Gasteiger partial charge in [0.2, 0.25) is 5.91 Å². The van der Waals surface area contributed by atoms with Gasteiger partial charge < -0.3 is 14.2 Å². The zero-order valence-corrected chi connectivity index (χ0v) is 19.0. The van der Waals surface area contributed by atoms with Crippen LogP contribution < -0.4 is 4.18 Å². The summed E-state index contributed by atoms with van der Waals surface area (Å²) >= 11 is 3.19. The van der Waals surface area contributed by atoms with E-state index in [1.54, 1.807) is 35.2 Å². The number of hydrogen-bond donors (Lipinski definition) is 1. The Morgan fingerprint density at radius 3 is 2.10 bits per heavy atom. The van der Waals surface area contributed by atoms with E-state index >= 15 is 0 Å². The fourth-order valence-corrected chi connectivity index (χ4v) is 4.27. The largest absolute Gasteiger partial charge is 0.387 e. The summed E-state index contributed by atoms with van der Waals surface area (Å²) in [7, 11) is -3.94. The zero-order valence-electron chi connectivity index (χ0n) is 16.6. The van der Waals surface area contributed by atoms with Gasteiger partial charge in [-0.25, -0.2) is 0 Å². The summed E-state index contributed by atoms with van der Waals surface area (Å²) in [5.41, 5.74) is 1.50. The van der Waals surface area contributed by atoms with Crippen LogP contribution in [-0.4, -0.2) is 36.2 Å². The number of amides is 1. The monoisotopic (exact) mass is 503 g/mol. The van der Waals surface area contributed by atoms with Crippen LogP contribution in [0.15, 0.2) is 89.8 Å². The van der Waals surface area contributed by atoms with Gasteiger partial charge in [0.05, 0.1) is 18.0 Å². The van der Waals surface area contributed by atoms with Crippen molar-refractivity contribution in [3.8, 4) is 5.75 Å². The second-order valence-corrected chi connectivity index (χ2v) is 8.94. The van der Waals surface area contributed by atoms with Crippen LogP contribution in [0.5, 0.6) is 5.75 Å². The molecule has 3 aromatic carbocycles. The van der Waals surface area contributed by atoms with Crippen molar-refractivity contribution in [1.82, 2.24) is 4.90 Å². The Labute approximate surface area is 190 Å². The average Bonchev–Trinajstić information content (AvgIpc) is 2.79. The standard InChI is InChI=1S/C23H22BrNO5S/c24-15-23(27)25(16-18-7-3-1-4-8-18)17-22(26)19-11-13-20(14-12-19)30-31(28,29)21-9-5-2-6-10-21/h1-14,22,26H,15-17H2/t22-/m1/s1. The second-order valence-electron chi connectivity index (χ2n) is 6.83. The van der Waals surface area contributed by atoms with Gasteiger partial charge >= 0.3 is 10.1 Å². The minimum Gasteiger partial charge on any atom is -0.387 e. The van der Waals surface area contributed by atoms with Gasteiger partial charge in [-0.15, -0.1) is 0 Å². The summed E-state index contributed by atoms with van der Waals surface area (Å²) in [5, 5.41) is 10.8. The van der Waals surface area contributed by atoms with Crippen LogP contribution in [0.2, 0.25) is 0 Å². The molecule has 162 valence electrons. The molecular weight excluding hydrogens is 482 g/mol. The molecule has 6 nitrogen and oxygen atoms in total. The Hall–Kier alpha value is -2.68. The topological polar surface area (TPSA) is 83.9 Å². The maximum absolute atomic E-state index is 12.3. The summed E-state index contributed by atoms with van der Waals surface area (Å²) in [6.07, 6.45) is -0.938. The lowest BCUT2D eigenvalue weighted by molar-refractivity contribution is -0.130. The average molecular weight is 504 g/mol. The Morgan fingerprint density at radius 2 is 1.52 bits per heavy atom. The molecule has 31 heavy (non-hydrogen) atoms. The van der Waals surface area contributed by atoms with Gasteiger partial charge in [0.1, 0.15) is 10.6 Å². The SMILES string of the molecule is O=C(CBr)N(Cc1ccccc1)C[C@@H](O)c1ccc(OS(=O)(=O)c2ccccc2)cc1. The molecule has 8 heteroatoms. The molecular formula is C23H22BrNO5S. The fourth-order valence-electron chi connectivity index (χ4n) is 2.96. The molecule has 1 amide bonds. The van der Waals surface area contributed by atoms with Crippen molar-refractivity contribution in [2.45, 2.75) is 17.5 Å². The molecule has 0 heterocycles. The predicted molar refractivity (Wildman–Crippen MR) is 121 cm³/mol. The highest BCUT2D eigenvalue weighted by atomic mass is 79.9. The van der Waals surface area contributed by atoms with Crippen LogP contribution in [0.1, 0.15) is 17.2 Å². The van der Waals surface area contributed by atoms with E-state index in [0.717, 1.165) is 5.56 Å². The first kappa shape index (κ1) is 23.0. The number of benzene rings is 3. The minimum atomic E-state index is -3.94. The third-order valence-electron chi connectivity index (χ3n) is 4.58. The number of carbonyl (C=O) groups is 1. The van der Waals surface area contributed by atoms with Crippen molar-refractivity contribution in [2.24, 2.45) is 0 Å². The van der Waals surface area contributed by atoms with Gasteiger partial charge in [-0.1, -0.05) is 76.6 Å². The van der Waals surface area contributed by atoms with Gasteiger partial charge in [-0.3, -0.25) is 4.79 Å². The van der Waals surface area contributed by atoms with E-state index in [1.807, 2.05) is 30.3 Å². The maximum atomic E-state index is 12.3. The van der Waals surface area contributed by atoms with Crippen LogP contribution in [-0.2, 0) is 21.5 Å². The first-order chi connectivity index (χ1) is 14.9. The Balaban J connectivity index is 1.68. The van der Waals surface area contributed by atoms with E-state index in [-0.39, 0.29) is 28.4 Å². The van der Waals surface area contributed by atoms with Gasteiger partial charge in [-0.2, -0.15) is 8.42 Å². The molecule has 0 fully saturated rings. The van der Waals surface area contributed by atoms with E-state index in [1.165, 1.54) is 24.3 Å². The molecule has 0 spiro atoms. The normalized spacial score (nSPS) is 12.2. The second kappa shape index (κ2) is 10.6. The highest BCUT2D eigenvalue weighted by Gasteiger charge is 2.20. The van der Waals surface area contributed by atoms with Crippen LogP contribution >= 0.6 is 15.9 Å². The summed E-state index contributed by atoms with van der Waals surface area (Å²) in [5.74, 6) is -0.00529. The fraction of sp³-hybridized carbons (Fsp3) is 0.174. The summed E-state index contributed by atoms with van der Waals surface area (Å²) in [6, 6.07) is 23.5. The number of rotatable bonds is 9. The van der Waals surface area contributed by atoms with Crippen LogP contribution in [0.3, 0.4) is 0 Å². The molecule has 3 aromatic rings. The molecule has 0 aliphatic carbocycles. The van der Waals surface area contributed by atoms with Crippen molar-refractivity contribution in [3.05, 3.63) is 96.1 Å². The highest BCUT2D eigenvalue weighted by molar-refractivity contribution is 9.09. The van der Waals surface area contributed by atoms with E-state index in [9.17, 15) is 18.3 Å². The summed E-state index contributed by atoms with van der Waals surface area (Å²) in [6.45, 7) is 0.473. The minimum absolute atomic E-state index is 0.0592. The number of alkyl halides is 1. The van der Waals surface area contributed by atoms with Crippen molar-refractivity contribution < 1.29 is 22.5 Å². The van der Waals surface area contributed by atoms with Gasteiger partial charge in [0.25, 0.3) is 0 Å². The summed E-state index contributed by atoms with van der Waals surface area (Å²) < 4.78 is 29.8. The number of nitrogens with zero attached hydrogens (tertiary/aromatic N) is 1. The highest BCUT2D eigenvalue weighted by Crippen LogP contribution is 2.23. The van der Waals surface area contributed by atoms with Gasteiger partial charge in [-0.05, 0) is 35.4 Å². The lowest BCUT2D eigenvalue weighted by atomic mass is 10.1. The summed E-state index contributed by atoms with van der Waals surface area (Å²) in [4.78, 5) is 13.9. The van der Waals surface area contributed by atoms with Gasteiger partial charge in [0, 0.05) is 6.54 Å². The van der Waals surface area contributed by atoms with Crippen molar-refractivity contribution in [1.29, 1.82) is 0 Å². The molecule has 0 saturated carbocycles. The number of hydrogen-bond acceptors (Lipinski definition) is 5. The molecule has 0 saturated heterocycles. The van der Waals surface area contributed by atoms with Crippen molar-refractivity contribution in [2.75, 3.05) is 11.9 Å². The predicted octanol–water partition coefficient (Wildman–Crippen LogP) is 3.91. The molecule has 0 bridgehead atoms. The van der Waals surface area contributed by atoms with Crippen LogP contribution in [0.4, 0.5) is 0 Å². The van der Waals surface area contributed by atoms with Crippen molar-refractivity contribution >= 4 is 32.0 Å². The van der Waals surface area contributed by atoms with Gasteiger partial charge in [0.15, 0.2) is 0 Å². The van der Waals surface area contributed by atoms with Crippen LogP contribution in [0, 0.1) is 0 Å². The Bertz CT molecular complexity index is 1090. The first-order valence-electron chi connectivity index (χ1n) is 9.54. The lowest BCUT2D eigenvalue weighted by Gasteiger charge is -2.25. The quantitative estimate of drug-likeness (QED) is 0.353. The first-order valence-corrected chi connectivity index (χ1v) is 12.1. The van der Waals surface area contributed by atoms with E-state index in [2.05, 4.69) is 15.9 Å². The molecule has 1 N–H and O–H groups in total. The molecule has 0 unspecified atom stereocenters. The van der Waals surface area contributed by atoms with E-state index in [4.69, 9.17) is 4.18 Å². The molecule has 0 aliphatic rings.